The first kappa shape index (κ1) is 19.5. The highest BCUT2D eigenvalue weighted by atomic mass is 16.4. The van der Waals surface area contributed by atoms with Gasteiger partial charge in [-0.05, 0) is 66.3 Å². The molecule has 0 amide bonds. The number of carboxylic acids is 1. The molecular weight excluding hydrogens is 304 g/mol. The van der Waals surface area contributed by atoms with Crippen LogP contribution in [0.1, 0.15) is 65.7 Å². The van der Waals surface area contributed by atoms with Crippen LogP contribution >= 0.6 is 0 Å². The summed E-state index contributed by atoms with van der Waals surface area (Å²) in [4.78, 5) is 10.9. The van der Waals surface area contributed by atoms with Gasteiger partial charge in [-0.3, -0.25) is 4.79 Å². The van der Waals surface area contributed by atoms with Crippen molar-refractivity contribution in [2.45, 2.75) is 71.8 Å². The SMILES string of the molecule is C=C1[C@H](O)C[C@@H]2[C@](C)(CO)CCC[C@]2(C)[C@H]1CC[C@@H](C)CC(=O)O. The van der Waals surface area contributed by atoms with Crippen molar-refractivity contribution < 1.29 is 20.1 Å². The second kappa shape index (κ2) is 7.17. The standard InChI is InChI=1S/C20H34O4/c1-13(10-18(23)24)6-7-15-14(2)16(22)11-17-19(3,12-21)8-5-9-20(15,17)4/h13,15-17,21-22H,2,5-12H2,1,3-4H3,(H,23,24)/t13-,15+,16-,17-,19+,20-/m1/s1. The van der Waals surface area contributed by atoms with Gasteiger partial charge in [0, 0.05) is 13.0 Å². The van der Waals surface area contributed by atoms with Crippen LogP contribution in [0.5, 0.6) is 0 Å². The van der Waals surface area contributed by atoms with Crippen LogP contribution in [0.4, 0.5) is 0 Å². The van der Waals surface area contributed by atoms with Crippen molar-refractivity contribution >= 4 is 5.97 Å². The molecule has 0 aromatic heterocycles. The number of rotatable bonds is 6. The topological polar surface area (TPSA) is 77.8 Å². The summed E-state index contributed by atoms with van der Waals surface area (Å²) >= 11 is 0. The molecule has 0 saturated heterocycles. The van der Waals surface area contributed by atoms with Gasteiger partial charge in [0.15, 0.2) is 0 Å². The molecule has 138 valence electrons. The highest BCUT2D eigenvalue weighted by Gasteiger charge is 2.56. The number of carbonyl (C=O) groups is 1. The molecule has 2 saturated carbocycles. The van der Waals surface area contributed by atoms with Gasteiger partial charge in [-0.25, -0.2) is 0 Å². The Balaban J connectivity index is 2.21. The smallest absolute Gasteiger partial charge is 0.303 e. The molecule has 0 radical (unpaired) electrons. The minimum Gasteiger partial charge on any atom is -0.481 e. The Kier molecular flexibility index (Phi) is 5.81. The van der Waals surface area contributed by atoms with Crippen molar-refractivity contribution in [2.24, 2.45) is 28.6 Å². The third-order valence-electron chi connectivity index (χ3n) is 7.06. The molecule has 2 aliphatic carbocycles. The molecule has 24 heavy (non-hydrogen) atoms. The van der Waals surface area contributed by atoms with Gasteiger partial charge in [0.25, 0.3) is 0 Å². The Morgan fingerprint density at radius 2 is 2.04 bits per heavy atom. The lowest BCUT2D eigenvalue weighted by Gasteiger charge is -2.59. The molecule has 4 nitrogen and oxygen atoms in total. The lowest BCUT2D eigenvalue weighted by molar-refractivity contribution is -0.138. The lowest BCUT2D eigenvalue weighted by Crippen LogP contribution is -2.54. The minimum absolute atomic E-state index is 0.0367. The highest BCUT2D eigenvalue weighted by Crippen LogP contribution is 2.61. The summed E-state index contributed by atoms with van der Waals surface area (Å²) in [6, 6.07) is 0. The quantitative estimate of drug-likeness (QED) is 0.646. The van der Waals surface area contributed by atoms with Gasteiger partial charge < -0.3 is 15.3 Å². The van der Waals surface area contributed by atoms with Crippen molar-refractivity contribution in [2.75, 3.05) is 6.61 Å². The van der Waals surface area contributed by atoms with Crippen LogP contribution in [-0.2, 0) is 4.79 Å². The summed E-state index contributed by atoms with van der Waals surface area (Å²) in [6.45, 7) is 10.8. The monoisotopic (exact) mass is 338 g/mol. The van der Waals surface area contributed by atoms with Crippen molar-refractivity contribution in [3.05, 3.63) is 12.2 Å². The van der Waals surface area contributed by atoms with Crippen LogP contribution in [0, 0.1) is 28.6 Å². The zero-order valence-electron chi connectivity index (χ0n) is 15.4. The van der Waals surface area contributed by atoms with Gasteiger partial charge >= 0.3 is 5.97 Å². The molecule has 4 heteroatoms. The third-order valence-corrected chi connectivity index (χ3v) is 7.06. The summed E-state index contributed by atoms with van der Waals surface area (Å²) in [5, 5.41) is 29.5. The van der Waals surface area contributed by atoms with E-state index in [1.165, 1.54) is 0 Å². The molecule has 0 spiro atoms. The van der Waals surface area contributed by atoms with Gasteiger partial charge in [-0.15, -0.1) is 0 Å². The predicted molar refractivity (Wildman–Crippen MR) is 94.5 cm³/mol. The number of aliphatic hydroxyl groups excluding tert-OH is 2. The van der Waals surface area contributed by atoms with E-state index in [1.54, 1.807) is 0 Å². The summed E-state index contributed by atoms with van der Waals surface area (Å²) in [5.74, 6) is -0.137. The largest absolute Gasteiger partial charge is 0.481 e. The molecule has 0 aromatic rings. The fourth-order valence-electron chi connectivity index (χ4n) is 5.57. The zero-order chi connectivity index (χ0) is 18.1. The minimum atomic E-state index is -0.750. The Bertz CT molecular complexity index is 488. The number of hydrogen-bond donors (Lipinski definition) is 3. The predicted octanol–water partition coefficient (Wildman–Crippen LogP) is 3.62. The van der Waals surface area contributed by atoms with E-state index >= 15 is 0 Å². The van der Waals surface area contributed by atoms with Crippen LogP contribution in [0.15, 0.2) is 12.2 Å². The van der Waals surface area contributed by atoms with Crippen molar-refractivity contribution in [3.8, 4) is 0 Å². The second-order valence-corrected chi connectivity index (χ2v) is 8.88. The van der Waals surface area contributed by atoms with Gasteiger partial charge in [0.2, 0.25) is 0 Å². The Labute approximate surface area is 146 Å². The first-order chi connectivity index (χ1) is 11.1. The number of carboxylic acid groups (broad SMARTS) is 1. The lowest BCUT2D eigenvalue weighted by atomic mass is 9.46. The van der Waals surface area contributed by atoms with Crippen molar-refractivity contribution in [3.63, 3.8) is 0 Å². The van der Waals surface area contributed by atoms with Gasteiger partial charge in [-0.1, -0.05) is 33.8 Å². The first-order valence-corrected chi connectivity index (χ1v) is 9.33. The summed E-state index contributed by atoms with van der Waals surface area (Å²) in [5.41, 5.74) is 0.813. The van der Waals surface area contributed by atoms with Crippen molar-refractivity contribution in [1.29, 1.82) is 0 Å². The number of hydrogen-bond acceptors (Lipinski definition) is 3. The fourth-order valence-corrected chi connectivity index (χ4v) is 5.57. The maximum absolute atomic E-state index is 10.9. The van der Waals surface area contributed by atoms with Gasteiger partial charge in [0.1, 0.15) is 0 Å². The van der Waals surface area contributed by atoms with E-state index in [0.717, 1.165) is 37.7 Å². The number of aliphatic carboxylic acids is 1. The maximum atomic E-state index is 10.9. The van der Waals surface area contributed by atoms with Gasteiger partial charge in [0.05, 0.1) is 6.10 Å². The van der Waals surface area contributed by atoms with E-state index in [9.17, 15) is 15.0 Å². The van der Waals surface area contributed by atoms with E-state index < -0.39 is 12.1 Å². The summed E-state index contributed by atoms with van der Waals surface area (Å²) < 4.78 is 0. The molecule has 2 aliphatic rings. The molecular formula is C20H34O4. The van der Waals surface area contributed by atoms with Gasteiger partial charge in [-0.2, -0.15) is 0 Å². The molecule has 0 bridgehead atoms. The Hall–Kier alpha value is -0.870. The highest BCUT2D eigenvalue weighted by molar-refractivity contribution is 5.66. The molecule has 3 N–H and O–H groups in total. The van der Waals surface area contributed by atoms with Crippen LogP contribution in [-0.4, -0.2) is 34.0 Å². The fraction of sp³-hybridized carbons (Fsp3) is 0.850. The Morgan fingerprint density at radius 1 is 1.38 bits per heavy atom. The normalized spacial score (nSPS) is 40.9. The molecule has 0 unspecified atom stereocenters. The van der Waals surface area contributed by atoms with E-state index in [-0.39, 0.29) is 41.6 Å². The molecule has 0 aromatic carbocycles. The number of fused-ring (bicyclic) bond motifs is 1. The third kappa shape index (κ3) is 3.55. The van der Waals surface area contributed by atoms with Crippen molar-refractivity contribution in [1.82, 2.24) is 0 Å². The van der Waals surface area contributed by atoms with Crippen LogP contribution in [0.2, 0.25) is 0 Å². The zero-order valence-corrected chi connectivity index (χ0v) is 15.4. The van der Waals surface area contributed by atoms with E-state index in [4.69, 9.17) is 5.11 Å². The molecule has 2 fully saturated rings. The number of aliphatic hydroxyl groups is 2. The maximum Gasteiger partial charge on any atom is 0.303 e. The average Bonchev–Trinajstić information content (AvgIpc) is 2.49. The Morgan fingerprint density at radius 3 is 2.62 bits per heavy atom. The van der Waals surface area contributed by atoms with Crippen LogP contribution in [0.25, 0.3) is 0 Å². The van der Waals surface area contributed by atoms with E-state index in [2.05, 4.69) is 20.4 Å². The van der Waals surface area contributed by atoms with Crippen LogP contribution in [0.3, 0.4) is 0 Å². The molecule has 2 rings (SSSR count). The van der Waals surface area contributed by atoms with Crippen LogP contribution < -0.4 is 0 Å². The molecule has 6 atom stereocenters. The average molecular weight is 338 g/mol. The summed E-state index contributed by atoms with van der Waals surface area (Å²) in [7, 11) is 0. The molecule has 0 heterocycles. The van der Waals surface area contributed by atoms with E-state index in [0.29, 0.717) is 6.42 Å². The summed E-state index contributed by atoms with van der Waals surface area (Å²) in [6.07, 6.45) is 5.27. The van der Waals surface area contributed by atoms with E-state index in [1.807, 2.05) is 6.92 Å². The molecule has 0 aliphatic heterocycles. The second-order valence-electron chi connectivity index (χ2n) is 8.88. The first-order valence-electron chi connectivity index (χ1n) is 9.33.